The van der Waals surface area contributed by atoms with Crippen molar-refractivity contribution in [1.82, 2.24) is 4.98 Å². The fraction of sp³-hybridized carbons (Fsp3) is 0.786. The molecule has 1 saturated heterocycles. The average Bonchev–Trinajstić information content (AvgIpc) is 2.84. The zero-order valence-corrected chi connectivity index (χ0v) is 12.9. The smallest absolute Gasteiger partial charge is 0.185 e. The molecule has 0 spiro atoms. The number of aromatic nitrogens is 1. The zero-order valence-electron chi connectivity index (χ0n) is 12.1. The van der Waals surface area contributed by atoms with E-state index in [2.05, 4.69) is 25.8 Å². The van der Waals surface area contributed by atoms with Gasteiger partial charge in [0.1, 0.15) is 0 Å². The van der Waals surface area contributed by atoms with Gasteiger partial charge in [-0.2, -0.15) is 0 Å². The third kappa shape index (κ3) is 3.68. The number of thiazole rings is 1. The minimum atomic E-state index is 0.0935. The predicted octanol–water partition coefficient (Wildman–Crippen LogP) is 2.62. The van der Waals surface area contributed by atoms with Crippen LogP contribution >= 0.6 is 11.3 Å². The van der Waals surface area contributed by atoms with E-state index in [0.29, 0.717) is 11.8 Å². The molecule has 0 bridgehead atoms. The largest absolute Gasteiger partial charge is 0.391 e. The SMILES string of the molecule is CC(C)c1nc(N(C)CC2CCOCC2)sc1CO. The summed E-state index contributed by atoms with van der Waals surface area (Å²) in [5, 5.41) is 10.4. The van der Waals surface area contributed by atoms with E-state index >= 15 is 0 Å². The van der Waals surface area contributed by atoms with Crippen LogP contribution in [0.1, 0.15) is 43.2 Å². The van der Waals surface area contributed by atoms with Crippen LogP contribution in [-0.2, 0) is 11.3 Å². The van der Waals surface area contributed by atoms with Crippen LogP contribution in [0, 0.1) is 5.92 Å². The number of hydrogen-bond acceptors (Lipinski definition) is 5. The number of aliphatic hydroxyl groups excluding tert-OH is 1. The fourth-order valence-electron chi connectivity index (χ4n) is 2.47. The van der Waals surface area contributed by atoms with Gasteiger partial charge in [-0.3, -0.25) is 0 Å². The summed E-state index contributed by atoms with van der Waals surface area (Å²) in [6, 6.07) is 0. The molecule has 2 heterocycles. The number of hydrogen-bond donors (Lipinski definition) is 1. The van der Waals surface area contributed by atoms with Gasteiger partial charge in [-0.05, 0) is 24.7 Å². The molecule has 2 rings (SSSR count). The molecule has 1 aliphatic rings. The Labute approximate surface area is 119 Å². The number of rotatable bonds is 5. The lowest BCUT2D eigenvalue weighted by atomic mass is 10.0. The standard InChI is InChI=1S/C14H24N2O2S/c1-10(2)13-12(9-17)19-14(15-13)16(3)8-11-4-6-18-7-5-11/h10-11,17H,4-9H2,1-3H3. The number of ether oxygens (including phenoxy) is 1. The number of aliphatic hydroxyl groups is 1. The van der Waals surface area contributed by atoms with E-state index in [1.807, 2.05) is 0 Å². The molecule has 0 radical (unpaired) electrons. The lowest BCUT2D eigenvalue weighted by Crippen LogP contribution is -2.29. The highest BCUT2D eigenvalue weighted by molar-refractivity contribution is 7.15. The van der Waals surface area contributed by atoms with Crippen LogP contribution in [-0.4, -0.2) is 36.9 Å². The highest BCUT2D eigenvalue weighted by Crippen LogP contribution is 2.31. The topological polar surface area (TPSA) is 45.6 Å². The second kappa shape index (κ2) is 6.68. The molecular weight excluding hydrogens is 260 g/mol. The second-order valence-electron chi connectivity index (χ2n) is 5.55. The molecule has 108 valence electrons. The summed E-state index contributed by atoms with van der Waals surface area (Å²) in [5.74, 6) is 1.06. The van der Waals surface area contributed by atoms with E-state index in [0.717, 1.165) is 48.3 Å². The highest BCUT2D eigenvalue weighted by atomic mass is 32.1. The molecule has 0 aromatic carbocycles. The predicted molar refractivity (Wildman–Crippen MR) is 78.9 cm³/mol. The van der Waals surface area contributed by atoms with E-state index in [4.69, 9.17) is 9.72 Å². The Bertz CT molecular complexity index is 400. The Morgan fingerprint density at radius 1 is 1.42 bits per heavy atom. The van der Waals surface area contributed by atoms with E-state index in [1.165, 1.54) is 0 Å². The second-order valence-corrected chi connectivity index (χ2v) is 6.62. The van der Waals surface area contributed by atoms with Crippen molar-refractivity contribution in [3.63, 3.8) is 0 Å². The number of anilines is 1. The molecule has 0 aliphatic carbocycles. The van der Waals surface area contributed by atoms with Crippen molar-refractivity contribution >= 4 is 16.5 Å². The van der Waals surface area contributed by atoms with Crippen LogP contribution in [0.5, 0.6) is 0 Å². The molecule has 0 atom stereocenters. The van der Waals surface area contributed by atoms with E-state index in [-0.39, 0.29) is 6.61 Å². The summed E-state index contributed by atoms with van der Waals surface area (Å²) in [7, 11) is 2.10. The third-order valence-electron chi connectivity index (χ3n) is 3.61. The van der Waals surface area contributed by atoms with E-state index < -0.39 is 0 Å². The molecule has 1 aromatic rings. The molecule has 4 nitrogen and oxygen atoms in total. The first-order valence-electron chi connectivity index (χ1n) is 7.01. The molecule has 0 amide bonds. The van der Waals surface area contributed by atoms with Crippen molar-refractivity contribution in [3.8, 4) is 0 Å². The Kier molecular flexibility index (Phi) is 5.19. The van der Waals surface area contributed by atoms with Crippen molar-refractivity contribution in [2.24, 2.45) is 5.92 Å². The lowest BCUT2D eigenvalue weighted by Gasteiger charge is -2.26. The van der Waals surface area contributed by atoms with Gasteiger partial charge >= 0.3 is 0 Å². The van der Waals surface area contributed by atoms with Gasteiger partial charge in [-0.15, -0.1) is 0 Å². The van der Waals surface area contributed by atoms with Crippen molar-refractivity contribution < 1.29 is 9.84 Å². The van der Waals surface area contributed by atoms with E-state index in [9.17, 15) is 5.11 Å². The molecule has 1 aromatic heterocycles. The maximum Gasteiger partial charge on any atom is 0.185 e. The molecule has 0 unspecified atom stereocenters. The van der Waals surface area contributed by atoms with Crippen molar-refractivity contribution in [1.29, 1.82) is 0 Å². The van der Waals surface area contributed by atoms with E-state index in [1.54, 1.807) is 11.3 Å². The Hall–Kier alpha value is -0.650. The maximum absolute atomic E-state index is 9.42. The van der Waals surface area contributed by atoms with Gasteiger partial charge in [0.25, 0.3) is 0 Å². The first-order valence-corrected chi connectivity index (χ1v) is 7.82. The summed E-state index contributed by atoms with van der Waals surface area (Å²) in [6.07, 6.45) is 2.28. The van der Waals surface area contributed by atoms with Gasteiger partial charge in [0.15, 0.2) is 5.13 Å². The van der Waals surface area contributed by atoms with Crippen LogP contribution in [0.25, 0.3) is 0 Å². The average molecular weight is 284 g/mol. The molecule has 0 saturated carbocycles. The maximum atomic E-state index is 9.42. The monoisotopic (exact) mass is 284 g/mol. The normalized spacial score (nSPS) is 17.1. The van der Waals surface area contributed by atoms with Gasteiger partial charge in [0.2, 0.25) is 0 Å². The summed E-state index contributed by atoms with van der Waals surface area (Å²) in [6.45, 7) is 7.13. The van der Waals surface area contributed by atoms with Crippen LogP contribution in [0.15, 0.2) is 0 Å². The third-order valence-corrected chi connectivity index (χ3v) is 4.78. The van der Waals surface area contributed by atoms with Crippen LogP contribution in [0.4, 0.5) is 5.13 Å². The van der Waals surface area contributed by atoms with Crippen molar-refractivity contribution in [3.05, 3.63) is 10.6 Å². The summed E-state index contributed by atoms with van der Waals surface area (Å²) >= 11 is 1.62. The lowest BCUT2D eigenvalue weighted by molar-refractivity contribution is 0.0685. The van der Waals surface area contributed by atoms with Gasteiger partial charge < -0.3 is 14.7 Å². The minimum absolute atomic E-state index is 0.0935. The molecule has 5 heteroatoms. The van der Waals surface area contributed by atoms with Crippen molar-refractivity contribution in [2.45, 2.75) is 39.2 Å². The fourth-order valence-corrected chi connectivity index (χ4v) is 3.52. The summed E-state index contributed by atoms with van der Waals surface area (Å²) in [4.78, 5) is 7.93. The van der Waals surface area contributed by atoms with Gasteiger partial charge in [0.05, 0.1) is 17.2 Å². The first-order chi connectivity index (χ1) is 9.11. The summed E-state index contributed by atoms with van der Waals surface area (Å²) < 4.78 is 5.39. The Balaban J connectivity index is 2.03. The van der Waals surface area contributed by atoms with Gasteiger partial charge in [-0.25, -0.2) is 4.98 Å². The van der Waals surface area contributed by atoms with Crippen LogP contribution < -0.4 is 4.90 Å². The molecule has 19 heavy (non-hydrogen) atoms. The number of nitrogens with zero attached hydrogens (tertiary/aromatic N) is 2. The van der Waals surface area contributed by atoms with Crippen LogP contribution in [0.3, 0.4) is 0 Å². The van der Waals surface area contributed by atoms with Crippen LogP contribution in [0.2, 0.25) is 0 Å². The quantitative estimate of drug-likeness (QED) is 0.903. The van der Waals surface area contributed by atoms with Gasteiger partial charge in [-0.1, -0.05) is 25.2 Å². The summed E-state index contributed by atoms with van der Waals surface area (Å²) in [5.41, 5.74) is 1.04. The molecular formula is C14H24N2O2S. The Morgan fingerprint density at radius 2 is 2.11 bits per heavy atom. The zero-order chi connectivity index (χ0) is 13.8. The Morgan fingerprint density at radius 3 is 2.63 bits per heavy atom. The van der Waals surface area contributed by atoms with Crippen molar-refractivity contribution in [2.75, 3.05) is 31.7 Å². The highest BCUT2D eigenvalue weighted by Gasteiger charge is 2.20. The van der Waals surface area contributed by atoms with Gasteiger partial charge in [0, 0.05) is 26.8 Å². The minimum Gasteiger partial charge on any atom is -0.391 e. The first kappa shape index (κ1) is 14.8. The molecule has 1 N–H and O–H groups in total. The molecule has 1 fully saturated rings. The molecule has 1 aliphatic heterocycles.